The topological polar surface area (TPSA) is 245 Å². The van der Waals surface area contributed by atoms with Gasteiger partial charge in [-0.3, -0.25) is 4.79 Å². The fourth-order valence-corrected chi connectivity index (χ4v) is 9.57. The van der Waals surface area contributed by atoms with E-state index >= 15 is 0 Å². The highest BCUT2D eigenvalue weighted by atomic mass is 16.7. The zero-order valence-corrected chi connectivity index (χ0v) is 27.0. The lowest BCUT2D eigenvalue weighted by Gasteiger charge is -2.67. The fourth-order valence-electron chi connectivity index (χ4n) is 9.57. The molecule has 6 rings (SSSR count). The second kappa shape index (κ2) is 11.8. The molecule has 2 saturated carbocycles. The molecule has 1 spiro atoms. The molecule has 48 heavy (non-hydrogen) atoms. The molecule has 16 heteroatoms. The number of aliphatic hydroxyl groups excluding tert-OH is 6. The molecule has 2 bridgehead atoms. The molecule has 0 aromatic carbocycles. The van der Waals surface area contributed by atoms with Crippen molar-refractivity contribution in [2.45, 2.75) is 94.8 Å². The van der Waals surface area contributed by atoms with Crippen LogP contribution in [0, 0.1) is 34.5 Å². The maximum absolute atomic E-state index is 13.8. The Kier molecular flexibility index (Phi) is 8.60. The summed E-state index contributed by atoms with van der Waals surface area (Å²) in [4.78, 5) is 53.9. The minimum atomic E-state index is -2.34. The largest absolute Gasteiger partial charge is 0.467 e. The number of hydrogen-bond acceptors (Lipinski definition) is 16. The monoisotopic (exact) mass is 682 g/mol. The minimum Gasteiger partial charge on any atom is -0.467 e. The van der Waals surface area contributed by atoms with Crippen LogP contribution < -0.4 is 0 Å². The lowest BCUT2D eigenvalue weighted by molar-refractivity contribution is -0.296. The number of hydrogen-bond donors (Lipinski definition) is 6. The van der Waals surface area contributed by atoms with Gasteiger partial charge in [0, 0.05) is 23.3 Å². The Morgan fingerprint density at radius 1 is 1.04 bits per heavy atom. The maximum Gasteiger partial charge on any atom is 0.348 e. The predicted octanol–water partition coefficient (Wildman–Crippen LogP) is -2.37. The molecule has 3 aliphatic carbocycles. The molecule has 16 atom stereocenters. The van der Waals surface area contributed by atoms with Gasteiger partial charge in [-0.2, -0.15) is 0 Å². The number of rotatable bonds is 6. The van der Waals surface area contributed by atoms with E-state index in [0.29, 0.717) is 5.57 Å². The molecule has 6 N–H and O–H groups in total. The lowest BCUT2D eigenvalue weighted by atomic mass is 9.38. The van der Waals surface area contributed by atoms with Crippen molar-refractivity contribution in [3.05, 3.63) is 23.5 Å². The first-order valence-electron chi connectivity index (χ1n) is 15.9. The molecule has 7 unspecified atom stereocenters. The minimum absolute atomic E-state index is 0.0457. The summed E-state index contributed by atoms with van der Waals surface area (Å²) < 4.78 is 34.1. The molecule has 5 fully saturated rings. The average Bonchev–Trinajstić information content (AvgIpc) is 3.34. The molecule has 0 amide bonds. The summed E-state index contributed by atoms with van der Waals surface area (Å²) in [5.41, 5.74) is -4.52. The highest BCUT2D eigenvalue weighted by molar-refractivity contribution is 5.97. The summed E-state index contributed by atoms with van der Waals surface area (Å²) in [7, 11) is 1.05. The van der Waals surface area contributed by atoms with Crippen molar-refractivity contribution < 1.29 is 78.2 Å². The molecular formula is C32H42O16. The summed E-state index contributed by atoms with van der Waals surface area (Å²) in [6, 6.07) is 0. The molecule has 266 valence electrons. The summed E-state index contributed by atoms with van der Waals surface area (Å²) in [5, 5.41) is 64.6. The van der Waals surface area contributed by atoms with Gasteiger partial charge in [0.1, 0.15) is 36.6 Å². The van der Waals surface area contributed by atoms with Crippen molar-refractivity contribution in [2.24, 2.45) is 34.5 Å². The molecule has 6 aliphatic rings. The maximum atomic E-state index is 13.8. The first kappa shape index (κ1) is 34.9. The third kappa shape index (κ3) is 4.57. The molecule has 3 heterocycles. The van der Waals surface area contributed by atoms with Gasteiger partial charge in [-0.15, -0.1) is 0 Å². The predicted molar refractivity (Wildman–Crippen MR) is 155 cm³/mol. The van der Waals surface area contributed by atoms with E-state index in [-0.39, 0.29) is 18.8 Å². The molecule has 3 saturated heterocycles. The van der Waals surface area contributed by atoms with Gasteiger partial charge in [0.15, 0.2) is 11.5 Å². The first-order valence-corrected chi connectivity index (χ1v) is 15.9. The van der Waals surface area contributed by atoms with Gasteiger partial charge in [-0.05, 0) is 37.7 Å². The van der Waals surface area contributed by atoms with Crippen LogP contribution >= 0.6 is 0 Å². The van der Waals surface area contributed by atoms with E-state index in [2.05, 4.69) is 0 Å². The van der Waals surface area contributed by atoms with Gasteiger partial charge in [-0.25, -0.2) is 14.4 Å². The highest BCUT2D eigenvalue weighted by Crippen LogP contribution is 2.72. The van der Waals surface area contributed by atoms with Gasteiger partial charge in [0.05, 0.1) is 32.3 Å². The third-order valence-corrected chi connectivity index (χ3v) is 11.6. The molecule has 16 nitrogen and oxygen atoms in total. The van der Waals surface area contributed by atoms with Crippen molar-refractivity contribution in [1.29, 1.82) is 0 Å². The van der Waals surface area contributed by atoms with E-state index < -0.39 is 126 Å². The number of ether oxygens (including phenoxy) is 6. The van der Waals surface area contributed by atoms with Gasteiger partial charge in [-0.1, -0.05) is 19.4 Å². The van der Waals surface area contributed by atoms with Crippen LogP contribution in [0.25, 0.3) is 0 Å². The summed E-state index contributed by atoms with van der Waals surface area (Å²) in [6.45, 7) is 5.53. The van der Waals surface area contributed by atoms with Crippen molar-refractivity contribution in [3.8, 4) is 0 Å². The molecular weight excluding hydrogens is 640 g/mol. The first-order chi connectivity index (χ1) is 22.5. The number of fused-ring (bicyclic) bond motifs is 2. The Labute approximate surface area is 275 Å². The molecule has 3 aliphatic heterocycles. The molecule has 0 aromatic rings. The third-order valence-electron chi connectivity index (χ3n) is 11.6. The Hall–Kier alpha value is -2.96. The van der Waals surface area contributed by atoms with Crippen LogP contribution in [0.15, 0.2) is 23.5 Å². The van der Waals surface area contributed by atoms with Crippen LogP contribution in [0.2, 0.25) is 0 Å². The van der Waals surface area contributed by atoms with Gasteiger partial charge < -0.3 is 59.1 Å². The van der Waals surface area contributed by atoms with Crippen molar-refractivity contribution >= 4 is 23.7 Å². The quantitative estimate of drug-likeness (QED) is 0.0974. The second-order valence-corrected chi connectivity index (χ2v) is 14.3. The van der Waals surface area contributed by atoms with Crippen molar-refractivity contribution in [3.63, 3.8) is 0 Å². The Morgan fingerprint density at radius 3 is 2.35 bits per heavy atom. The van der Waals surface area contributed by atoms with Gasteiger partial charge >= 0.3 is 17.9 Å². The number of Topliss-reactive ketones (excluding diaryl/α,β-unsaturated/α-hetero) is 1. The van der Waals surface area contributed by atoms with Crippen LogP contribution in [0.1, 0.15) is 34.1 Å². The normalized spacial score (nSPS) is 49.1. The van der Waals surface area contributed by atoms with Gasteiger partial charge in [0.2, 0.25) is 18.0 Å². The van der Waals surface area contributed by atoms with E-state index in [4.69, 9.17) is 28.4 Å². The average molecular weight is 683 g/mol. The summed E-state index contributed by atoms with van der Waals surface area (Å²) >= 11 is 0. The van der Waals surface area contributed by atoms with E-state index in [1.807, 2.05) is 0 Å². The standard InChI is InChI=1S/C32H42O16/c1-11(2)6-17(34)48-23-25-31-10-44-32(25,29(42)43-5)26(40)22(39)24(31)30(4)8-14(18(35)12(3)13(30)7-16(31)47-27(23)41)45-28-21(38)20(37)19(36)15(9-33)46-28/h6,8,12-13,15-16,19-26,28,33,36-40H,7,9-10H2,1-5H3/t12?,13-,15?,16+,19?,20?,21?,22+,23+,24+,25+,26-,28?,30-,31+,32?/m0/s1. The van der Waals surface area contributed by atoms with E-state index in [9.17, 15) is 49.8 Å². The second-order valence-electron chi connectivity index (χ2n) is 14.3. The number of carbonyl (C=O) groups is 4. The smallest absolute Gasteiger partial charge is 0.348 e. The zero-order valence-electron chi connectivity index (χ0n) is 27.0. The Bertz CT molecular complexity index is 1440. The van der Waals surface area contributed by atoms with E-state index in [0.717, 1.165) is 13.2 Å². The fraction of sp³-hybridized carbons (Fsp3) is 0.750. The zero-order chi connectivity index (χ0) is 35.2. The number of methoxy groups -OCH3 is 1. The number of esters is 3. The number of carbonyl (C=O) groups excluding carboxylic acids is 4. The molecule has 0 radical (unpaired) electrons. The molecule has 0 aromatic heterocycles. The number of aliphatic hydroxyl groups is 6. The number of allylic oxidation sites excluding steroid dienone is 3. The van der Waals surface area contributed by atoms with Crippen molar-refractivity contribution in [2.75, 3.05) is 20.3 Å². The van der Waals surface area contributed by atoms with E-state index in [1.165, 1.54) is 6.08 Å². The van der Waals surface area contributed by atoms with E-state index in [1.54, 1.807) is 27.7 Å². The van der Waals surface area contributed by atoms with Gasteiger partial charge in [0.25, 0.3) is 0 Å². The van der Waals surface area contributed by atoms with Crippen molar-refractivity contribution in [1.82, 2.24) is 0 Å². The van der Waals surface area contributed by atoms with Crippen LogP contribution in [0.5, 0.6) is 0 Å². The SMILES string of the molecule is COC(=O)C12OC[C@]34[C@H]([C@@H](O)[C@@H]1O)[C@@]1(C)C=C(OC5OC(CO)C(O)C(O)C5O)C(=O)C(C)[C@@H]1C[C@H]3OC(=O)[C@H](OC(=O)C=C(C)C)[C@@H]24. The Balaban J connectivity index is 1.48. The summed E-state index contributed by atoms with van der Waals surface area (Å²) in [5.74, 6) is -7.86. The summed E-state index contributed by atoms with van der Waals surface area (Å²) in [6.07, 6.45) is -12.2. The number of ketones is 1. The lowest BCUT2D eigenvalue weighted by Crippen LogP contribution is -2.79. The van der Waals surface area contributed by atoms with Crippen LogP contribution in [0.4, 0.5) is 0 Å². The van der Waals surface area contributed by atoms with Crippen LogP contribution in [-0.4, -0.2) is 135 Å². The van der Waals surface area contributed by atoms with Crippen LogP contribution in [0.3, 0.4) is 0 Å². The Morgan fingerprint density at radius 2 is 1.73 bits per heavy atom. The van der Waals surface area contributed by atoms with Crippen LogP contribution in [-0.2, 0) is 47.6 Å². The highest BCUT2D eigenvalue weighted by Gasteiger charge is 2.85.